The molecule has 0 bridgehead atoms. The average Bonchev–Trinajstić information content (AvgIpc) is 3.73. The summed E-state index contributed by atoms with van der Waals surface area (Å²) < 4.78 is 25.8. The van der Waals surface area contributed by atoms with Crippen LogP contribution in [0.1, 0.15) is 48.0 Å². The van der Waals surface area contributed by atoms with Gasteiger partial charge in [0.25, 0.3) is 11.1 Å². The molecule has 0 fully saturated rings. The van der Waals surface area contributed by atoms with Crippen molar-refractivity contribution in [1.82, 2.24) is 15.1 Å². The molecular weight excluding hydrogens is 774 g/mol. The maximum Gasteiger partial charge on any atom is 0.335 e. The third-order valence-electron chi connectivity index (χ3n) is 7.55. The monoisotopic (exact) mass is 813 g/mol. The van der Waals surface area contributed by atoms with Crippen LogP contribution in [0.15, 0.2) is 125 Å². The van der Waals surface area contributed by atoms with E-state index in [4.69, 9.17) is 56.2 Å². The molecule has 58 heavy (non-hydrogen) atoms. The number of hydrogen-bond donors (Lipinski definition) is 4. The molecule has 0 aliphatic heterocycles. The first-order valence-corrected chi connectivity index (χ1v) is 17.2. The Morgan fingerprint density at radius 2 is 1.19 bits per heavy atom. The molecule has 6 aromatic rings. The van der Waals surface area contributed by atoms with Crippen molar-refractivity contribution in [3.05, 3.63) is 149 Å². The van der Waals surface area contributed by atoms with Crippen molar-refractivity contribution in [3.8, 4) is 34.5 Å². The number of carboxylic acid groups (broad SMARTS) is 2. The summed E-state index contributed by atoms with van der Waals surface area (Å²) in [7, 11) is 6.15. The normalized spacial score (nSPS) is 10.2. The summed E-state index contributed by atoms with van der Waals surface area (Å²) in [5, 5.41) is 32.1. The van der Waals surface area contributed by atoms with Gasteiger partial charge in [-0.2, -0.15) is 4.98 Å². The second-order valence-corrected chi connectivity index (χ2v) is 11.7. The summed E-state index contributed by atoms with van der Waals surface area (Å²) in [6.07, 6.45) is 4.24. The van der Waals surface area contributed by atoms with E-state index < -0.39 is 17.2 Å². The smallest absolute Gasteiger partial charge is 0.335 e. The zero-order valence-electron chi connectivity index (χ0n) is 31.7. The van der Waals surface area contributed by atoms with Gasteiger partial charge in [0, 0.05) is 36.4 Å². The van der Waals surface area contributed by atoms with Gasteiger partial charge in [-0.15, -0.1) is 0 Å². The number of nitrogens with two attached hydrogens (primary N) is 1. The summed E-state index contributed by atoms with van der Waals surface area (Å²) in [5.74, 6) is 1.30. The highest BCUT2D eigenvalue weighted by Crippen LogP contribution is 2.32. The molecule has 2 aromatic heterocycles. The van der Waals surface area contributed by atoms with Crippen molar-refractivity contribution in [2.75, 3.05) is 28.4 Å². The van der Waals surface area contributed by atoms with Crippen LogP contribution in [-0.2, 0) is 12.8 Å². The fraction of sp³-hybridized carbons (Fsp3) is 0.146. The maximum absolute atomic E-state index is 10.9. The average molecular weight is 814 g/mol. The molecule has 16 nitrogen and oxygen atoms in total. The minimum atomic E-state index is -0.972. The van der Waals surface area contributed by atoms with Crippen molar-refractivity contribution >= 4 is 34.6 Å². The van der Waals surface area contributed by atoms with Crippen LogP contribution in [-0.4, -0.2) is 82.0 Å². The van der Waals surface area contributed by atoms with Gasteiger partial charge in [0.2, 0.25) is 0 Å². The minimum Gasteiger partial charge on any atom is -0.493 e. The van der Waals surface area contributed by atoms with Crippen LogP contribution >= 0.6 is 11.6 Å². The van der Waals surface area contributed by atoms with E-state index in [9.17, 15) is 14.4 Å². The Balaban J connectivity index is 0.000000231. The summed E-state index contributed by atoms with van der Waals surface area (Å²) in [6.45, 7) is 0. The lowest BCUT2D eigenvalue weighted by Gasteiger charge is -2.07. The van der Waals surface area contributed by atoms with E-state index in [0.29, 0.717) is 53.1 Å². The number of carbonyl (C=O) groups is 3. The fourth-order valence-corrected chi connectivity index (χ4v) is 4.76. The SMILES string of the molecule is COc1ccc(-c2nc(Cc3ccc(C(=O)O)cc3)no2)cc1OC.COc1ccc(C(=O)Cl)cc1OC.N/C(Cc1ccc(C(=O)O)cc1)=N\O.c1ccncc1. The predicted molar refractivity (Wildman–Crippen MR) is 214 cm³/mol. The minimum absolute atomic E-state index is 0.0908. The molecule has 0 saturated heterocycles. The summed E-state index contributed by atoms with van der Waals surface area (Å²) in [6, 6.07) is 28.6. The van der Waals surface area contributed by atoms with Gasteiger partial charge in [0.1, 0.15) is 5.84 Å². The molecule has 0 aliphatic carbocycles. The summed E-state index contributed by atoms with van der Waals surface area (Å²) in [5.41, 5.74) is 8.54. The van der Waals surface area contributed by atoms with Crippen LogP contribution in [0.4, 0.5) is 0 Å². The van der Waals surface area contributed by atoms with Crippen molar-refractivity contribution in [2.24, 2.45) is 10.9 Å². The number of hydrogen-bond acceptors (Lipinski definition) is 13. The Morgan fingerprint density at radius 3 is 1.64 bits per heavy atom. The van der Waals surface area contributed by atoms with Gasteiger partial charge in [-0.1, -0.05) is 40.6 Å². The van der Waals surface area contributed by atoms with Crippen molar-refractivity contribution in [2.45, 2.75) is 12.8 Å². The molecule has 302 valence electrons. The zero-order chi connectivity index (χ0) is 42.5. The van der Waals surface area contributed by atoms with E-state index >= 15 is 0 Å². The molecule has 0 atom stereocenters. The zero-order valence-corrected chi connectivity index (χ0v) is 32.5. The first kappa shape index (κ1) is 44.9. The highest BCUT2D eigenvalue weighted by Gasteiger charge is 2.13. The number of benzene rings is 4. The maximum atomic E-state index is 10.9. The van der Waals surface area contributed by atoms with Gasteiger partial charge < -0.3 is 44.6 Å². The number of halogens is 1. The molecule has 5 N–H and O–H groups in total. The molecule has 4 aromatic carbocycles. The van der Waals surface area contributed by atoms with Crippen LogP contribution in [0.25, 0.3) is 11.5 Å². The third-order valence-corrected chi connectivity index (χ3v) is 7.77. The second kappa shape index (κ2) is 23.5. The van der Waals surface area contributed by atoms with Crippen molar-refractivity contribution in [1.29, 1.82) is 0 Å². The molecule has 2 heterocycles. The Morgan fingerprint density at radius 1 is 0.690 bits per heavy atom. The Hall–Kier alpha value is -7.46. The van der Waals surface area contributed by atoms with Crippen LogP contribution in [0.3, 0.4) is 0 Å². The number of aromatic carboxylic acids is 2. The Kier molecular flexibility index (Phi) is 18.2. The number of carboxylic acids is 2. The number of pyridine rings is 1. The van der Waals surface area contributed by atoms with E-state index in [-0.39, 0.29) is 17.0 Å². The lowest BCUT2D eigenvalue weighted by atomic mass is 10.1. The second-order valence-electron chi connectivity index (χ2n) is 11.4. The van der Waals surface area contributed by atoms with E-state index in [2.05, 4.69) is 20.3 Å². The first-order chi connectivity index (χ1) is 27.9. The lowest BCUT2D eigenvalue weighted by Crippen LogP contribution is -2.14. The molecule has 6 rings (SSSR count). The molecule has 0 saturated carbocycles. The third kappa shape index (κ3) is 14.3. The number of methoxy groups -OCH3 is 4. The fourth-order valence-electron chi connectivity index (χ4n) is 4.64. The van der Waals surface area contributed by atoms with E-state index in [1.807, 2.05) is 18.2 Å². The Bertz CT molecular complexity index is 2220. The molecule has 0 spiro atoms. The molecule has 17 heteroatoms. The molecule has 0 aliphatic rings. The summed E-state index contributed by atoms with van der Waals surface area (Å²) in [4.78, 5) is 40.3. The van der Waals surface area contributed by atoms with Crippen LogP contribution in [0.5, 0.6) is 23.0 Å². The number of carbonyl (C=O) groups excluding carboxylic acids is 1. The number of oxime groups is 1. The van der Waals surface area contributed by atoms with Crippen LogP contribution < -0.4 is 24.7 Å². The Labute approximate surface area is 338 Å². The standard InChI is InChI=1S/C18H16N2O5.C9H9ClO3.C9H10N2O3.C5H5N/c1-23-14-8-7-13(10-15(14)24-2)17-19-16(20-25-17)9-11-3-5-12(6-4-11)18(21)22;1-12-7-4-3-6(9(10)11)5-8(7)13-2;10-8(11-14)5-6-1-3-7(4-2-6)9(12)13;1-2-4-6-5-3-1/h3-8,10H,9H2,1-2H3,(H,21,22);3-5H,1-2H3;1-4,14H,5H2,(H2,10,11)(H,12,13);1-5H. The summed E-state index contributed by atoms with van der Waals surface area (Å²) >= 11 is 5.29. The van der Waals surface area contributed by atoms with Gasteiger partial charge in [-0.3, -0.25) is 9.78 Å². The van der Waals surface area contributed by atoms with Gasteiger partial charge in [-0.25, -0.2) is 9.59 Å². The van der Waals surface area contributed by atoms with Gasteiger partial charge in [-0.05, 0) is 95.5 Å². The number of ether oxygens (including phenoxy) is 4. The first-order valence-electron chi connectivity index (χ1n) is 16.9. The molecule has 0 radical (unpaired) electrons. The van der Waals surface area contributed by atoms with Crippen molar-refractivity contribution < 1.29 is 53.3 Å². The van der Waals surface area contributed by atoms with Gasteiger partial charge in [0.15, 0.2) is 28.8 Å². The topological polar surface area (TPSA) is 239 Å². The number of amidine groups is 1. The van der Waals surface area contributed by atoms with Gasteiger partial charge in [0.05, 0.1) is 39.6 Å². The molecular formula is C41H40ClN5O11. The van der Waals surface area contributed by atoms with Crippen LogP contribution in [0, 0.1) is 0 Å². The van der Waals surface area contributed by atoms with E-state index in [1.54, 1.807) is 93.3 Å². The molecule has 0 unspecified atom stereocenters. The number of rotatable bonds is 12. The van der Waals surface area contributed by atoms with E-state index in [1.165, 1.54) is 32.4 Å². The predicted octanol–water partition coefficient (Wildman–Crippen LogP) is 6.88. The van der Waals surface area contributed by atoms with Gasteiger partial charge >= 0.3 is 11.9 Å². The quantitative estimate of drug-likeness (QED) is 0.0324. The van der Waals surface area contributed by atoms with Crippen molar-refractivity contribution in [3.63, 3.8) is 0 Å². The highest BCUT2D eigenvalue weighted by atomic mass is 35.5. The highest BCUT2D eigenvalue weighted by molar-refractivity contribution is 6.67. The number of aromatic nitrogens is 3. The molecule has 0 amide bonds. The largest absolute Gasteiger partial charge is 0.493 e. The van der Waals surface area contributed by atoms with E-state index in [0.717, 1.165) is 16.7 Å². The number of nitrogens with zero attached hydrogens (tertiary/aromatic N) is 4. The van der Waals surface area contributed by atoms with Crippen LogP contribution in [0.2, 0.25) is 0 Å². The lowest BCUT2D eigenvalue weighted by molar-refractivity contribution is 0.0686.